The SMILES string of the molecule is N[C@H](c1cc(C(F)(F)F)ccc1F)[C@@H](O)Cc1ccccc1. The van der Waals surface area contributed by atoms with Gasteiger partial charge in [0.15, 0.2) is 0 Å². The molecule has 0 aliphatic rings. The molecule has 3 N–H and O–H groups in total. The second kappa shape index (κ2) is 6.46. The summed E-state index contributed by atoms with van der Waals surface area (Å²) in [5.74, 6) is -0.868. The van der Waals surface area contributed by atoms with Gasteiger partial charge in [-0.1, -0.05) is 30.3 Å². The van der Waals surface area contributed by atoms with E-state index >= 15 is 0 Å². The van der Waals surface area contributed by atoms with Crippen LogP contribution in [0.25, 0.3) is 0 Å². The summed E-state index contributed by atoms with van der Waals surface area (Å²) >= 11 is 0. The first-order valence-corrected chi connectivity index (χ1v) is 6.63. The quantitative estimate of drug-likeness (QED) is 0.849. The molecule has 0 aromatic heterocycles. The van der Waals surface area contributed by atoms with Crippen LogP contribution in [0.5, 0.6) is 0 Å². The lowest BCUT2D eigenvalue weighted by molar-refractivity contribution is -0.137. The van der Waals surface area contributed by atoms with Crippen molar-refractivity contribution in [3.05, 3.63) is 71.0 Å². The molecule has 0 spiro atoms. The van der Waals surface area contributed by atoms with Crippen LogP contribution < -0.4 is 5.73 Å². The maximum atomic E-state index is 13.7. The number of alkyl halides is 3. The molecule has 2 aromatic carbocycles. The molecular formula is C16H15F4NO. The van der Waals surface area contributed by atoms with Crippen LogP contribution >= 0.6 is 0 Å². The Kier molecular flexibility index (Phi) is 4.83. The average Bonchev–Trinajstić information content (AvgIpc) is 2.46. The van der Waals surface area contributed by atoms with Crippen molar-refractivity contribution in [2.75, 3.05) is 0 Å². The van der Waals surface area contributed by atoms with Gasteiger partial charge in [0.1, 0.15) is 5.82 Å². The summed E-state index contributed by atoms with van der Waals surface area (Å²) in [6.07, 6.45) is -5.66. The molecule has 0 aliphatic heterocycles. The van der Waals surface area contributed by atoms with E-state index in [1.165, 1.54) is 0 Å². The molecule has 0 unspecified atom stereocenters. The van der Waals surface area contributed by atoms with Crippen LogP contribution in [0.4, 0.5) is 17.6 Å². The van der Waals surface area contributed by atoms with Crippen molar-refractivity contribution >= 4 is 0 Å². The van der Waals surface area contributed by atoms with E-state index in [2.05, 4.69) is 0 Å². The van der Waals surface area contributed by atoms with E-state index in [-0.39, 0.29) is 12.0 Å². The van der Waals surface area contributed by atoms with Crippen molar-refractivity contribution in [2.45, 2.75) is 24.7 Å². The maximum Gasteiger partial charge on any atom is 0.416 e. The molecular weight excluding hydrogens is 298 g/mol. The normalized spacial score (nSPS) is 14.6. The van der Waals surface area contributed by atoms with E-state index in [0.29, 0.717) is 18.2 Å². The fourth-order valence-electron chi connectivity index (χ4n) is 2.17. The predicted octanol–water partition coefficient (Wildman–Crippen LogP) is 3.45. The molecule has 0 fully saturated rings. The lowest BCUT2D eigenvalue weighted by Crippen LogP contribution is -2.29. The highest BCUT2D eigenvalue weighted by Crippen LogP contribution is 2.32. The van der Waals surface area contributed by atoms with E-state index < -0.39 is 29.7 Å². The van der Waals surface area contributed by atoms with Crippen molar-refractivity contribution in [3.8, 4) is 0 Å². The highest BCUT2D eigenvalue weighted by Gasteiger charge is 2.32. The summed E-state index contributed by atoms with van der Waals surface area (Å²) in [5.41, 5.74) is 5.16. The number of aliphatic hydroxyl groups is 1. The van der Waals surface area contributed by atoms with Gasteiger partial charge in [0.25, 0.3) is 0 Å². The fraction of sp³-hybridized carbons (Fsp3) is 0.250. The number of halogens is 4. The number of hydrogen-bond acceptors (Lipinski definition) is 2. The molecule has 0 amide bonds. The van der Waals surface area contributed by atoms with Crippen LogP contribution in [-0.4, -0.2) is 11.2 Å². The molecule has 0 radical (unpaired) electrons. The number of benzene rings is 2. The monoisotopic (exact) mass is 313 g/mol. The van der Waals surface area contributed by atoms with Crippen molar-refractivity contribution in [1.29, 1.82) is 0 Å². The molecule has 0 saturated carbocycles. The molecule has 0 heterocycles. The third kappa shape index (κ3) is 3.84. The van der Waals surface area contributed by atoms with Crippen LogP contribution in [0.1, 0.15) is 22.7 Å². The van der Waals surface area contributed by atoms with Gasteiger partial charge in [0.05, 0.1) is 17.7 Å². The lowest BCUT2D eigenvalue weighted by atomic mass is 9.95. The zero-order chi connectivity index (χ0) is 16.3. The first kappa shape index (κ1) is 16.5. The molecule has 22 heavy (non-hydrogen) atoms. The van der Waals surface area contributed by atoms with Crippen molar-refractivity contribution in [3.63, 3.8) is 0 Å². The highest BCUT2D eigenvalue weighted by atomic mass is 19.4. The molecule has 6 heteroatoms. The largest absolute Gasteiger partial charge is 0.416 e. The summed E-state index contributed by atoms with van der Waals surface area (Å²) in [6.45, 7) is 0. The summed E-state index contributed by atoms with van der Waals surface area (Å²) in [4.78, 5) is 0. The predicted molar refractivity (Wildman–Crippen MR) is 74.5 cm³/mol. The van der Waals surface area contributed by atoms with Crippen LogP contribution in [0.15, 0.2) is 48.5 Å². The Hall–Kier alpha value is -1.92. The zero-order valence-corrected chi connectivity index (χ0v) is 11.5. The molecule has 0 saturated heterocycles. The van der Waals surface area contributed by atoms with Gasteiger partial charge in [0, 0.05) is 12.0 Å². The second-order valence-electron chi connectivity index (χ2n) is 5.02. The standard InChI is InChI=1S/C16H15F4NO/c17-13-7-6-11(16(18,19)20)9-12(13)15(21)14(22)8-10-4-2-1-3-5-10/h1-7,9,14-15,22H,8,21H2/t14-,15+/m0/s1. The van der Waals surface area contributed by atoms with Crippen LogP contribution in [0.2, 0.25) is 0 Å². The van der Waals surface area contributed by atoms with Gasteiger partial charge in [-0.25, -0.2) is 4.39 Å². The number of aliphatic hydroxyl groups excluding tert-OH is 1. The van der Waals surface area contributed by atoms with E-state index in [0.717, 1.165) is 5.56 Å². The molecule has 2 nitrogen and oxygen atoms in total. The topological polar surface area (TPSA) is 46.2 Å². The smallest absolute Gasteiger partial charge is 0.391 e. The maximum absolute atomic E-state index is 13.7. The minimum absolute atomic E-state index is 0.123. The lowest BCUT2D eigenvalue weighted by Gasteiger charge is -2.21. The molecule has 0 aliphatic carbocycles. The van der Waals surface area contributed by atoms with Gasteiger partial charge >= 0.3 is 6.18 Å². The summed E-state index contributed by atoms with van der Waals surface area (Å²) in [7, 11) is 0. The molecule has 0 bridgehead atoms. The summed E-state index contributed by atoms with van der Waals surface area (Å²) < 4.78 is 51.8. The Morgan fingerprint density at radius 1 is 1.05 bits per heavy atom. The zero-order valence-electron chi connectivity index (χ0n) is 11.5. The van der Waals surface area contributed by atoms with Crippen molar-refractivity contribution in [1.82, 2.24) is 0 Å². The Labute approximate surface area is 125 Å². The fourth-order valence-corrected chi connectivity index (χ4v) is 2.17. The van der Waals surface area contributed by atoms with Crippen molar-refractivity contribution < 1.29 is 22.7 Å². The van der Waals surface area contributed by atoms with Crippen molar-refractivity contribution in [2.24, 2.45) is 5.73 Å². The van der Waals surface area contributed by atoms with E-state index in [9.17, 15) is 22.7 Å². The van der Waals surface area contributed by atoms with Gasteiger partial charge in [-0.15, -0.1) is 0 Å². The number of rotatable bonds is 4. The summed E-state index contributed by atoms with van der Waals surface area (Å²) in [6, 6.07) is 9.58. The highest BCUT2D eigenvalue weighted by molar-refractivity contribution is 5.30. The van der Waals surface area contributed by atoms with Crippen LogP contribution in [-0.2, 0) is 12.6 Å². The minimum Gasteiger partial charge on any atom is -0.391 e. The van der Waals surface area contributed by atoms with E-state index in [1.54, 1.807) is 30.3 Å². The average molecular weight is 313 g/mol. The van der Waals surface area contributed by atoms with Gasteiger partial charge in [-0.05, 0) is 23.8 Å². The van der Waals surface area contributed by atoms with Crippen LogP contribution in [0.3, 0.4) is 0 Å². The van der Waals surface area contributed by atoms with Gasteiger partial charge in [-0.3, -0.25) is 0 Å². The number of hydrogen-bond donors (Lipinski definition) is 2. The summed E-state index contributed by atoms with van der Waals surface area (Å²) in [5, 5.41) is 10.1. The Balaban J connectivity index is 2.23. The molecule has 2 aromatic rings. The Bertz CT molecular complexity index is 628. The third-order valence-corrected chi connectivity index (χ3v) is 3.38. The Morgan fingerprint density at radius 3 is 2.27 bits per heavy atom. The Morgan fingerprint density at radius 2 is 1.68 bits per heavy atom. The van der Waals surface area contributed by atoms with Gasteiger partial charge < -0.3 is 10.8 Å². The molecule has 2 atom stereocenters. The molecule has 118 valence electrons. The van der Waals surface area contributed by atoms with Crippen LogP contribution in [0, 0.1) is 5.82 Å². The minimum atomic E-state index is -4.59. The first-order valence-electron chi connectivity index (χ1n) is 6.63. The number of nitrogens with two attached hydrogens (primary N) is 1. The van der Waals surface area contributed by atoms with E-state index in [1.807, 2.05) is 0 Å². The molecule has 2 rings (SSSR count). The van der Waals surface area contributed by atoms with Gasteiger partial charge in [0.2, 0.25) is 0 Å². The third-order valence-electron chi connectivity index (χ3n) is 3.38. The van der Waals surface area contributed by atoms with E-state index in [4.69, 9.17) is 5.73 Å². The first-order chi connectivity index (χ1) is 10.3. The van der Waals surface area contributed by atoms with Gasteiger partial charge in [-0.2, -0.15) is 13.2 Å². The second-order valence-corrected chi connectivity index (χ2v) is 5.02.